The Hall–Kier alpha value is -3.88. The predicted octanol–water partition coefficient (Wildman–Crippen LogP) is 1.13. The van der Waals surface area contributed by atoms with Crippen LogP contribution >= 0.6 is 0 Å². The van der Waals surface area contributed by atoms with E-state index in [2.05, 4.69) is 10.6 Å². The van der Waals surface area contributed by atoms with Crippen LogP contribution in [-0.2, 0) is 22.7 Å². The van der Waals surface area contributed by atoms with Crippen LogP contribution in [-0.4, -0.2) is 46.7 Å². The summed E-state index contributed by atoms with van der Waals surface area (Å²) in [6.45, 7) is 0.617. The van der Waals surface area contributed by atoms with Gasteiger partial charge in [-0.05, 0) is 23.3 Å². The molecule has 1 atom stereocenters. The van der Waals surface area contributed by atoms with Crippen molar-refractivity contribution in [3.8, 4) is 0 Å². The van der Waals surface area contributed by atoms with Crippen molar-refractivity contribution in [2.75, 3.05) is 12.4 Å². The summed E-state index contributed by atoms with van der Waals surface area (Å²) in [4.78, 5) is 37.6. The zero-order valence-electron chi connectivity index (χ0n) is 16.4. The maximum atomic E-state index is 12.6. The maximum absolute atomic E-state index is 12.6. The van der Waals surface area contributed by atoms with Gasteiger partial charge >= 0.3 is 5.97 Å². The fourth-order valence-corrected chi connectivity index (χ4v) is 3.24. The molecule has 1 aliphatic rings. The summed E-state index contributed by atoms with van der Waals surface area (Å²) in [5.41, 5.74) is 8.66. The van der Waals surface area contributed by atoms with Crippen molar-refractivity contribution in [2.24, 2.45) is 5.73 Å². The van der Waals surface area contributed by atoms with Crippen LogP contribution in [0.25, 0.3) is 0 Å². The van der Waals surface area contributed by atoms with Crippen LogP contribution in [0.1, 0.15) is 33.5 Å². The lowest BCUT2D eigenvalue weighted by molar-refractivity contribution is -0.141. The van der Waals surface area contributed by atoms with E-state index < -0.39 is 12.0 Å². The average Bonchev–Trinajstić information content (AvgIpc) is 2.82. The van der Waals surface area contributed by atoms with Crippen molar-refractivity contribution < 1.29 is 19.5 Å². The van der Waals surface area contributed by atoms with Crippen LogP contribution in [0.2, 0.25) is 0 Å². The Balaban J connectivity index is 1.73. The van der Waals surface area contributed by atoms with E-state index in [4.69, 9.17) is 16.2 Å². The number of nitrogens with zero attached hydrogens (tertiary/aromatic N) is 1. The first-order valence-electron chi connectivity index (χ1n) is 9.32. The fourth-order valence-electron chi connectivity index (χ4n) is 3.24. The molecule has 0 spiro atoms. The van der Waals surface area contributed by atoms with Crippen LogP contribution in [0, 0.1) is 5.41 Å². The van der Waals surface area contributed by atoms with E-state index in [0.717, 1.165) is 11.1 Å². The molecule has 0 fully saturated rings. The van der Waals surface area contributed by atoms with E-state index in [-0.39, 0.29) is 24.1 Å². The van der Waals surface area contributed by atoms with E-state index >= 15 is 0 Å². The minimum absolute atomic E-state index is 0.0200. The second-order valence-corrected chi connectivity index (χ2v) is 7.15. The topological polar surface area (TPSA) is 149 Å². The van der Waals surface area contributed by atoms with Gasteiger partial charge in [-0.1, -0.05) is 30.3 Å². The second-order valence-electron chi connectivity index (χ2n) is 7.15. The molecule has 156 valence electrons. The molecule has 1 aliphatic heterocycles. The maximum Gasteiger partial charge on any atom is 0.305 e. The van der Waals surface area contributed by atoms with Crippen LogP contribution in [0.3, 0.4) is 0 Å². The van der Waals surface area contributed by atoms with E-state index in [9.17, 15) is 14.4 Å². The Labute approximate surface area is 173 Å². The predicted molar refractivity (Wildman–Crippen MR) is 111 cm³/mol. The number of nitrogen functional groups attached to an aromatic ring is 1. The Morgan fingerprint density at radius 2 is 1.90 bits per heavy atom. The zero-order valence-corrected chi connectivity index (χ0v) is 16.4. The third kappa shape index (κ3) is 4.75. The number of likely N-dealkylation sites (N-methyl/N-ethyl adjacent to an activating group) is 1. The smallest absolute Gasteiger partial charge is 0.305 e. The summed E-state index contributed by atoms with van der Waals surface area (Å²) < 4.78 is 0. The summed E-state index contributed by atoms with van der Waals surface area (Å²) in [7, 11) is 1.62. The van der Waals surface area contributed by atoms with Gasteiger partial charge in [0.15, 0.2) is 0 Å². The van der Waals surface area contributed by atoms with Crippen molar-refractivity contribution >= 4 is 29.3 Å². The number of carboxylic acid groups (broad SMARTS) is 1. The molecule has 30 heavy (non-hydrogen) atoms. The summed E-state index contributed by atoms with van der Waals surface area (Å²) >= 11 is 0. The minimum Gasteiger partial charge on any atom is -0.481 e. The number of carbonyl (C=O) groups is 3. The number of carbonyl (C=O) groups excluding carboxylic acids is 2. The number of aliphatic carboxylic acids is 1. The molecule has 0 aromatic heterocycles. The zero-order chi connectivity index (χ0) is 21.8. The molecule has 1 unspecified atom stereocenters. The number of nitrogens with one attached hydrogen (secondary N) is 3. The molecule has 0 saturated carbocycles. The normalized spacial score (nSPS) is 15.6. The fraction of sp³-hybridized carbons (Fsp3) is 0.238. The Morgan fingerprint density at radius 1 is 1.23 bits per heavy atom. The van der Waals surface area contributed by atoms with Gasteiger partial charge in [0.2, 0.25) is 5.91 Å². The van der Waals surface area contributed by atoms with Gasteiger partial charge in [0.1, 0.15) is 11.9 Å². The van der Waals surface area contributed by atoms with Crippen LogP contribution in [0.15, 0.2) is 42.5 Å². The van der Waals surface area contributed by atoms with Crippen molar-refractivity contribution in [3.63, 3.8) is 0 Å². The van der Waals surface area contributed by atoms with Crippen molar-refractivity contribution in [1.29, 1.82) is 5.41 Å². The number of hydrogen-bond acceptors (Lipinski definition) is 5. The molecule has 0 aliphatic carbocycles. The Morgan fingerprint density at radius 3 is 2.53 bits per heavy atom. The number of carboxylic acids is 1. The average molecular weight is 409 g/mol. The number of benzene rings is 2. The third-order valence-electron chi connectivity index (χ3n) is 4.88. The van der Waals surface area contributed by atoms with E-state index in [0.29, 0.717) is 29.9 Å². The third-order valence-corrected chi connectivity index (χ3v) is 4.88. The van der Waals surface area contributed by atoms with Gasteiger partial charge in [-0.15, -0.1) is 0 Å². The van der Waals surface area contributed by atoms with Gasteiger partial charge in [0, 0.05) is 37.0 Å². The van der Waals surface area contributed by atoms with Gasteiger partial charge in [-0.25, -0.2) is 0 Å². The molecule has 0 saturated heterocycles. The molecule has 2 aromatic rings. The number of fused-ring (bicyclic) bond motifs is 1. The summed E-state index contributed by atoms with van der Waals surface area (Å²) in [6, 6.07) is 11.2. The van der Waals surface area contributed by atoms with Crippen molar-refractivity contribution in [3.05, 3.63) is 64.7 Å². The van der Waals surface area contributed by atoms with Gasteiger partial charge in [0.25, 0.3) is 5.91 Å². The highest BCUT2D eigenvalue weighted by molar-refractivity contribution is 5.96. The molecule has 1 heterocycles. The molecule has 6 N–H and O–H groups in total. The highest BCUT2D eigenvalue weighted by Gasteiger charge is 2.29. The molecular formula is C21H23N5O4. The lowest BCUT2D eigenvalue weighted by Gasteiger charge is -2.19. The number of hydrogen-bond donors (Lipinski definition) is 5. The largest absolute Gasteiger partial charge is 0.481 e. The lowest BCUT2D eigenvalue weighted by Crippen LogP contribution is -2.39. The molecule has 0 bridgehead atoms. The van der Waals surface area contributed by atoms with Crippen molar-refractivity contribution in [2.45, 2.75) is 25.6 Å². The van der Waals surface area contributed by atoms with Gasteiger partial charge < -0.3 is 26.4 Å². The highest BCUT2D eigenvalue weighted by atomic mass is 16.4. The first-order chi connectivity index (χ1) is 14.2. The molecule has 3 rings (SSSR count). The van der Waals surface area contributed by atoms with Crippen molar-refractivity contribution in [1.82, 2.24) is 10.2 Å². The highest BCUT2D eigenvalue weighted by Crippen LogP contribution is 2.25. The van der Waals surface area contributed by atoms with Gasteiger partial charge in [0.05, 0.1) is 6.42 Å². The van der Waals surface area contributed by atoms with Gasteiger partial charge in [-0.2, -0.15) is 0 Å². The standard InChI is InChI=1S/C21H23N5O4/c1-26-11-15-7-6-14(8-16(15)25-17(21(26)30)9-18(27)28)20(29)24-10-12-2-4-13(5-3-12)19(22)23/h2-8,17,25H,9-11H2,1H3,(H3,22,23)(H,24,29)(H,27,28). The number of amides is 2. The molecule has 2 amide bonds. The Kier molecular flexibility index (Phi) is 6.01. The van der Waals surface area contributed by atoms with Crippen LogP contribution in [0.5, 0.6) is 0 Å². The van der Waals surface area contributed by atoms with Crippen LogP contribution in [0.4, 0.5) is 5.69 Å². The first-order valence-corrected chi connectivity index (χ1v) is 9.32. The first kappa shape index (κ1) is 20.8. The lowest BCUT2D eigenvalue weighted by atomic mass is 10.1. The van der Waals surface area contributed by atoms with Gasteiger partial charge in [-0.3, -0.25) is 19.8 Å². The van der Waals surface area contributed by atoms with E-state index in [1.54, 1.807) is 49.5 Å². The SMILES string of the molecule is CN1Cc2ccc(C(=O)NCc3ccc(C(=N)N)cc3)cc2NC(CC(=O)O)C1=O. The molecular weight excluding hydrogens is 386 g/mol. The Bertz CT molecular complexity index is 1000. The van der Waals surface area contributed by atoms with E-state index in [1.165, 1.54) is 4.90 Å². The van der Waals surface area contributed by atoms with E-state index in [1.807, 2.05) is 0 Å². The molecule has 9 nitrogen and oxygen atoms in total. The summed E-state index contributed by atoms with van der Waals surface area (Å²) in [5.74, 6) is -1.71. The summed E-state index contributed by atoms with van der Waals surface area (Å²) in [5, 5.41) is 22.3. The molecule has 2 aromatic carbocycles. The number of nitrogens with two attached hydrogens (primary N) is 1. The molecule has 0 radical (unpaired) electrons. The molecule has 9 heteroatoms. The monoisotopic (exact) mass is 409 g/mol. The summed E-state index contributed by atoms with van der Waals surface area (Å²) in [6.07, 6.45) is -0.352. The quantitative estimate of drug-likeness (QED) is 0.357. The number of rotatable bonds is 6. The second kappa shape index (κ2) is 8.64. The minimum atomic E-state index is -1.08. The number of amidine groups is 1. The number of anilines is 1. The van der Waals surface area contributed by atoms with Crippen LogP contribution < -0.4 is 16.4 Å².